The summed E-state index contributed by atoms with van der Waals surface area (Å²) in [7, 11) is 3.13. The van der Waals surface area contributed by atoms with Gasteiger partial charge in [-0.3, -0.25) is 14.6 Å². The van der Waals surface area contributed by atoms with Gasteiger partial charge in [0.05, 0.1) is 32.9 Å². The van der Waals surface area contributed by atoms with E-state index in [4.69, 9.17) is 9.47 Å². The lowest BCUT2D eigenvalue weighted by Gasteiger charge is -2.31. The minimum absolute atomic E-state index is 0.103. The Bertz CT molecular complexity index is 1350. The van der Waals surface area contributed by atoms with Crippen LogP contribution in [0.3, 0.4) is 0 Å². The van der Waals surface area contributed by atoms with Gasteiger partial charge < -0.3 is 19.7 Å². The van der Waals surface area contributed by atoms with Crippen LogP contribution in [0.2, 0.25) is 0 Å². The number of aromatic nitrogens is 1. The monoisotopic (exact) mass is 523 g/mol. The first kappa shape index (κ1) is 27.4. The molecule has 0 unspecified atom stereocenters. The van der Waals surface area contributed by atoms with Crippen LogP contribution < -0.4 is 14.8 Å². The third-order valence-corrected chi connectivity index (χ3v) is 6.44. The molecule has 1 heterocycles. The van der Waals surface area contributed by atoms with Gasteiger partial charge in [-0.05, 0) is 41.0 Å². The fourth-order valence-corrected chi connectivity index (χ4v) is 4.40. The maximum absolute atomic E-state index is 13.9. The van der Waals surface area contributed by atoms with Gasteiger partial charge in [0.2, 0.25) is 11.8 Å². The van der Waals surface area contributed by atoms with Gasteiger partial charge in [0, 0.05) is 19.2 Å². The van der Waals surface area contributed by atoms with Gasteiger partial charge in [-0.15, -0.1) is 0 Å². The molecule has 2 amide bonds. The van der Waals surface area contributed by atoms with Crippen LogP contribution in [-0.2, 0) is 35.5 Å². The van der Waals surface area contributed by atoms with Crippen molar-refractivity contribution in [1.29, 1.82) is 0 Å². The van der Waals surface area contributed by atoms with Crippen LogP contribution in [0.15, 0.2) is 103 Å². The molecule has 0 spiro atoms. The molecule has 0 aliphatic rings. The van der Waals surface area contributed by atoms with Crippen molar-refractivity contribution in [3.05, 3.63) is 126 Å². The molecule has 0 aliphatic heterocycles. The molecule has 0 saturated carbocycles. The number of nitrogens with zero attached hydrogens (tertiary/aromatic N) is 2. The van der Waals surface area contributed by atoms with Crippen LogP contribution in [0.25, 0.3) is 0 Å². The zero-order chi connectivity index (χ0) is 27.5. The van der Waals surface area contributed by atoms with Crippen LogP contribution in [0.4, 0.5) is 0 Å². The number of hydrogen-bond donors (Lipinski definition) is 1. The van der Waals surface area contributed by atoms with Crippen molar-refractivity contribution < 1.29 is 19.1 Å². The zero-order valence-corrected chi connectivity index (χ0v) is 22.2. The quantitative estimate of drug-likeness (QED) is 0.294. The van der Waals surface area contributed by atoms with Gasteiger partial charge in [-0.2, -0.15) is 0 Å². The number of rotatable bonds is 12. The number of nitrogens with one attached hydrogen (secondary N) is 1. The number of hydrogen-bond acceptors (Lipinski definition) is 5. The molecule has 7 heteroatoms. The molecule has 0 radical (unpaired) electrons. The molecule has 1 N–H and O–H groups in total. The lowest BCUT2D eigenvalue weighted by molar-refractivity contribution is -0.140. The van der Waals surface area contributed by atoms with E-state index in [0.717, 1.165) is 22.4 Å². The maximum atomic E-state index is 13.9. The normalized spacial score (nSPS) is 11.3. The molecular weight excluding hydrogens is 490 g/mol. The Morgan fingerprint density at radius 1 is 0.795 bits per heavy atom. The summed E-state index contributed by atoms with van der Waals surface area (Å²) < 4.78 is 10.8. The minimum atomic E-state index is -0.732. The Labute approximate surface area is 229 Å². The van der Waals surface area contributed by atoms with Crippen molar-refractivity contribution >= 4 is 11.8 Å². The van der Waals surface area contributed by atoms with E-state index in [9.17, 15) is 9.59 Å². The zero-order valence-electron chi connectivity index (χ0n) is 22.2. The van der Waals surface area contributed by atoms with Crippen molar-refractivity contribution in [3.63, 3.8) is 0 Å². The first-order valence-electron chi connectivity index (χ1n) is 12.8. The average molecular weight is 524 g/mol. The van der Waals surface area contributed by atoms with E-state index >= 15 is 0 Å². The summed E-state index contributed by atoms with van der Waals surface area (Å²) in [6.45, 7) is 0.565. The molecule has 7 nitrogen and oxygen atoms in total. The predicted molar refractivity (Wildman–Crippen MR) is 150 cm³/mol. The number of pyridine rings is 1. The molecule has 0 aliphatic carbocycles. The maximum Gasteiger partial charge on any atom is 0.243 e. The highest BCUT2D eigenvalue weighted by atomic mass is 16.5. The summed E-state index contributed by atoms with van der Waals surface area (Å²) in [5.74, 6) is 0.734. The van der Waals surface area contributed by atoms with Gasteiger partial charge in [-0.1, -0.05) is 72.8 Å². The van der Waals surface area contributed by atoms with Gasteiger partial charge >= 0.3 is 0 Å². The number of benzene rings is 3. The van der Waals surface area contributed by atoms with E-state index in [1.54, 1.807) is 37.4 Å². The lowest BCUT2D eigenvalue weighted by Crippen LogP contribution is -2.50. The summed E-state index contributed by atoms with van der Waals surface area (Å²) in [5.41, 5.74) is 3.42. The third-order valence-electron chi connectivity index (χ3n) is 6.44. The first-order chi connectivity index (χ1) is 19.1. The number of carbonyl (C=O) groups is 2. The Kier molecular flexibility index (Phi) is 9.67. The second-order valence-electron chi connectivity index (χ2n) is 9.12. The van der Waals surface area contributed by atoms with E-state index in [-0.39, 0.29) is 24.8 Å². The van der Waals surface area contributed by atoms with Crippen LogP contribution in [0, 0.1) is 0 Å². The molecule has 4 aromatic rings. The molecule has 0 saturated heterocycles. The van der Waals surface area contributed by atoms with Crippen molar-refractivity contribution in [1.82, 2.24) is 15.2 Å². The van der Waals surface area contributed by atoms with Crippen LogP contribution in [0.5, 0.6) is 11.5 Å². The van der Waals surface area contributed by atoms with E-state index in [1.165, 1.54) is 0 Å². The molecule has 1 atom stereocenters. The van der Waals surface area contributed by atoms with Crippen LogP contribution >= 0.6 is 0 Å². The van der Waals surface area contributed by atoms with E-state index < -0.39 is 6.04 Å². The number of amides is 2. The Hall–Kier alpha value is -4.65. The second-order valence-corrected chi connectivity index (χ2v) is 9.12. The summed E-state index contributed by atoms with van der Waals surface area (Å²) in [6, 6.07) is 29.7. The van der Waals surface area contributed by atoms with Crippen molar-refractivity contribution in [3.8, 4) is 11.5 Å². The van der Waals surface area contributed by atoms with Crippen molar-refractivity contribution in [2.24, 2.45) is 0 Å². The summed E-state index contributed by atoms with van der Waals surface area (Å²) in [4.78, 5) is 33.7. The fraction of sp³-hybridized carbons (Fsp3) is 0.219. The first-order valence-corrected chi connectivity index (χ1v) is 12.8. The summed E-state index contributed by atoms with van der Waals surface area (Å²) in [5, 5.41) is 3.01. The molecule has 0 bridgehead atoms. The predicted octanol–water partition coefficient (Wildman–Crippen LogP) is 4.60. The molecule has 4 rings (SSSR count). The molecular formula is C32H33N3O4. The minimum Gasteiger partial charge on any atom is -0.493 e. The van der Waals surface area contributed by atoms with E-state index in [0.29, 0.717) is 24.5 Å². The van der Waals surface area contributed by atoms with Gasteiger partial charge in [0.1, 0.15) is 6.04 Å². The Morgan fingerprint density at radius 3 is 2.10 bits per heavy atom. The SMILES string of the molecule is COc1ccc(CC(=O)N(Cc2ccccc2)[C@H](Cc2ccccc2)C(=O)NCc2ccccn2)cc1OC. The van der Waals surface area contributed by atoms with Gasteiger partial charge in [0.15, 0.2) is 11.5 Å². The van der Waals surface area contributed by atoms with Gasteiger partial charge in [-0.25, -0.2) is 0 Å². The molecule has 3 aromatic carbocycles. The van der Waals surface area contributed by atoms with E-state index in [1.807, 2.05) is 84.9 Å². The van der Waals surface area contributed by atoms with E-state index in [2.05, 4.69) is 10.3 Å². The lowest BCUT2D eigenvalue weighted by atomic mass is 10.0. The van der Waals surface area contributed by atoms with Gasteiger partial charge in [0.25, 0.3) is 0 Å². The molecule has 39 heavy (non-hydrogen) atoms. The molecule has 200 valence electrons. The average Bonchev–Trinajstić information content (AvgIpc) is 2.99. The summed E-state index contributed by atoms with van der Waals surface area (Å²) >= 11 is 0. The fourth-order valence-electron chi connectivity index (χ4n) is 4.40. The third kappa shape index (κ3) is 7.68. The Balaban J connectivity index is 1.65. The topological polar surface area (TPSA) is 80.8 Å². The van der Waals surface area contributed by atoms with Crippen LogP contribution in [0.1, 0.15) is 22.4 Å². The highest BCUT2D eigenvalue weighted by Gasteiger charge is 2.30. The number of ether oxygens (including phenoxy) is 2. The Morgan fingerprint density at radius 2 is 1.46 bits per heavy atom. The summed E-state index contributed by atoms with van der Waals surface area (Å²) in [6.07, 6.45) is 2.17. The second kappa shape index (κ2) is 13.8. The molecule has 1 aromatic heterocycles. The molecule has 0 fully saturated rings. The highest BCUT2D eigenvalue weighted by Crippen LogP contribution is 2.28. The highest BCUT2D eigenvalue weighted by molar-refractivity contribution is 5.88. The largest absolute Gasteiger partial charge is 0.493 e. The van der Waals surface area contributed by atoms with Crippen molar-refractivity contribution in [2.45, 2.75) is 32.0 Å². The van der Waals surface area contributed by atoms with Crippen molar-refractivity contribution in [2.75, 3.05) is 14.2 Å². The van der Waals surface area contributed by atoms with Crippen LogP contribution in [-0.4, -0.2) is 42.0 Å². The smallest absolute Gasteiger partial charge is 0.243 e. The standard InChI is InChI=1S/C32H33N3O4/c1-38-29-17-16-26(20-30(29)39-2)21-31(36)35(23-25-13-7-4-8-14-25)28(19-24-11-5-3-6-12-24)32(37)34-22-27-15-9-10-18-33-27/h3-18,20,28H,19,21-23H2,1-2H3,(H,34,37)/t28-/m1/s1. The number of carbonyl (C=O) groups excluding carboxylic acids is 2. The number of methoxy groups -OCH3 is 2.